The standard InChI is InChI=1S/C15H33O4P/c1-13(2)7-10-17-20(16,18-11-8-14(3)4)19-12-9-15(5)6/h13-15H,7-12H2,1-6H3. The van der Waals surface area contributed by atoms with E-state index in [0.29, 0.717) is 37.6 Å². The van der Waals surface area contributed by atoms with Crippen molar-refractivity contribution < 1.29 is 18.1 Å². The average molecular weight is 308 g/mol. The van der Waals surface area contributed by atoms with Gasteiger partial charge >= 0.3 is 7.82 Å². The number of phosphoric acid groups is 1. The summed E-state index contributed by atoms with van der Waals surface area (Å²) in [5.74, 6) is 1.53. The van der Waals surface area contributed by atoms with Crippen LogP contribution in [0.25, 0.3) is 0 Å². The molecule has 0 N–H and O–H groups in total. The van der Waals surface area contributed by atoms with E-state index in [0.717, 1.165) is 19.3 Å². The van der Waals surface area contributed by atoms with Gasteiger partial charge in [-0.25, -0.2) is 4.57 Å². The van der Waals surface area contributed by atoms with E-state index in [1.54, 1.807) is 0 Å². The fourth-order valence-corrected chi connectivity index (χ4v) is 2.52. The van der Waals surface area contributed by atoms with Crippen LogP contribution in [0.1, 0.15) is 60.8 Å². The first kappa shape index (κ1) is 20.1. The van der Waals surface area contributed by atoms with E-state index >= 15 is 0 Å². The minimum Gasteiger partial charge on any atom is -0.287 e. The minimum absolute atomic E-state index is 0.415. The van der Waals surface area contributed by atoms with Crippen molar-refractivity contribution in [1.82, 2.24) is 0 Å². The fraction of sp³-hybridized carbons (Fsp3) is 1.00. The second-order valence-electron chi connectivity index (χ2n) is 6.49. The molecule has 0 aromatic rings. The Morgan fingerprint density at radius 2 is 0.900 bits per heavy atom. The largest absolute Gasteiger partial charge is 0.474 e. The van der Waals surface area contributed by atoms with Gasteiger partial charge in [0.05, 0.1) is 19.8 Å². The zero-order chi connectivity index (χ0) is 15.6. The highest BCUT2D eigenvalue weighted by Gasteiger charge is 2.26. The summed E-state index contributed by atoms with van der Waals surface area (Å²) in [6.07, 6.45) is 2.56. The van der Waals surface area contributed by atoms with Crippen molar-refractivity contribution in [2.45, 2.75) is 60.8 Å². The molecule has 0 saturated carbocycles. The summed E-state index contributed by atoms with van der Waals surface area (Å²) in [6, 6.07) is 0. The lowest BCUT2D eigenvalue weighted by Crippen LogP contribution is -2.07. The number of hydrogen-bond donors (Lipinski definition) is 0. The van der Waals surface area contributed by atoms with Crippen LogP contribution in [-0.4, -0.2) is 19.8 Å². The molecule has 0 aromatic carbocycles. The van der Waals surface area contributed by atoms with Gasteiger partial charge < -0.3 is 0 Å². The lowest BCUT2D eigenvalue weighted by molar-refractivity contribution is 0.102. The molecule has 0 rings (SSSR count). The average Bonchev–Trinajstić information content (AvgIpc) is 2.27. The van der Waals surface area contributed by atoms with Gasteiger partial charge in [-0.15, -0.1) is 0 Å². The maximum absolute atomic E-state index is 12.5. The second-order valence-corrected chi connectivity index (χ2v) is 8.16. The van der Waals surface area contributed by atoms with Gasteiger partial charge in [-0.2, -0.15) is 0 Å². The van der Waals surface area contributed by atoms with Crippen LogP contribution in [0.4, 0.5) is 0 Å². The summed E-state index contributed by atoms with van der Waals surface area (Å²) < 4.78 is 28.7. The Kier molecular flexibility index (Phi) is 10.8. The molecular weight excluding hydrogens is 275 g/mol. The van der Waals surface area contributed by atoms with Gasteiger partial charge in [0.15, 0.2) is 0 Å². The third-order valence-electron chi connectivity index (χ3n) is 2.83. The molecule has 0 aliphatic rings. The zero-order valence-corrected chi connectivity index (χ0v) is 14.9. The van der Waals surface area contributed by atoms with Crippen molar-refractivity contribution in [3.8, 4) is 0 Å². The molecule has 0 aliphatic heterocycles. The molecule has 0 unspecified atom stereocenters. The van der Waals surface area contributed by atoms with Crippen LogP contribution in [0, 0.1) is 17.8 Å². The Bertz CT molecular complexity index is 234. The molecule has 0 aliphatic carbocycles. The van der Waals surface area contributed by atoms with Crippen LogP contribution in [-0.2, 0) is 18.1 Å². The van der Waals surface area contributed by atoms with E-state index in [1.165, 1.54) is 0 Å². The van der Waals surface area contributed by atoms with Crippen molar-refractivity contribution >= 4 is 7.82 Å². The minimum atomic E-state index is -3.39. The SMILES string of the molecule is CC(C)CCOP(=O)(OCCC(C)C)OCCC(C)C. The van der Waals surface area contributed by atoms with Gasteiger partial charge in [-0.1, -0.05) is 41.5 Å². The molecule has 0 heterocycles. The predicted molar refractivity (Wildman–Crippen MR) is 83.8 cm³/mol. The van der Waals surface area contributed by atoms with Crippen molar-refractivity contribution in [3.63, 3.8) is 0 Å². The number of rotatable bonds is 12. The van der Waals surface area contributed by atoms with Crippen molar-refractivity contribution in [2.75, 3.05) is 19.8 Å². The topological polar surface area (TPSA) is 44.8 Å². The van der Waals surface area contributed by atoms with Crippen LogP contribution in [0.5, 0.6) is 0 Å². The Morgan fingerprint density at radius 1 is 0.650 bits per heavy atom. The third-order valence-corrected chi connectivity index (χ3v) is 4.33. The van der Waals surface area contributed by atoms with Crippen molar-refractivity contribution in [1.29, 1.82) is 0 Å². The number of phosphoric ester groups is 1. The highest BCUT2D eigenvalue weighted by molar-refractivity contribution is 7.48. The second kappa shape index (κ2) is 10.8. The van der Waals surface area contributed by atoms with E-state index in [4.69, 9.17) is 13.6 Å². The van der Waals surface area contributed by atoms with Gasteiger partial charge in [0.25, 0.3) is 0 Å². The molecule has 0 radical (unpaired) electrons. The normalized spacial score (nSPS) is 12.8. The monoisotopic (exact) mass is 308 g/mol. The van der Waals surface area contributed by atoms with E-state index in [-0.39, 0.29) is 0 Å². The molecule has 122 valence electrons. The van der Waals surface area contributed by atoms with Gasteiger partial charge in [-0.3, -0.25) is 13.6 Å². The maximum atomic E-state index is 12.5. The van der Waals surface area contributed by atoms with Crippen molar-refractivity contribution in [3.05, 3.63) is 0 Å². The van der Waals surface area contributed by atoms with E-state index in [1.807, 2.05) is 0 Å². The molecule has 0 spiro atoms. The molecular formula is C15H33O4P. The molecule has 5 heteroatoms. The van der Waals surface area contributed by atoms with E-state index < -0.39 is 7.82 Å². The summed E-state index contributed by atoms with van der Waals surface area (Å²) in [5.41, 5.74) is 0. The Balaban J connectivity index is 4.23. The molecule has 0 amide bonds. The molecule has 0 atom stereocenters. The van der Waals surface area contributed by atoms with Crippen LogP contribution in [0.3, 0.4) is 0 Å². The first-order valence-corrected chi connectivity index (χ1v) is 9.25. The Hall–Kier alpha value is 0.110. The molecule has 0 bridgehead atoms. The smallest absolute Gasteiger partial charge is 0.287 e. The third kappa shape index (κ3) is 11.9. The summed E-state index contributed by atoms with van der Waals surface area (Å²) in [7, 11) is -3.39. The van der Waals surface area contributed by atoms with Gasteiger partial charge in [-0.05, 0) is 37.0 Å². The molecule has 4 nitrogen and oxygen atoms in total. The van der Waals surface area contributed by atoms with E-state index in [2.05, 4.69) is 41.5 Å². The van der Waals surface area contributed by atoms with Gasteiger partial charge in [0, 0.05) is 0 Å². The van der Waals surface area contributed by atoms with Crippen LogP contribution in [0.2, 0.25) is 0 Å². The maximum Gasteiger partial charge on any atom is 0.474 e. The van der Waals surface area contributed by atoms with Gasteiger partial charge in [0.2, 0.25) is 0 Å². The fourth-order valence-electron chi connectivity index (χ4n) is 1.31. The highest BCUT2D eigenvalue weighted by atomic mass is 31.2. The summed E-state index contributed by atoms with van der Waals surface area (Å²) >= 11 is 0. The Labute approximate surface area is 125 Å². The summed E-state index contributed by atoms with van der Waals surface area (Å²) in [5, 5.41) is 0. The lowest BCUT2D eigenvalue weighted by atomic mass is 10.2. The van der Waals surface area contributed by atoms with Crippen LogP contribution < -0.4 is 0 Å². The van der Waals surface area contributed by atoms with Gasteiger partial charge in [0.1, 0.15) is 0 Å². The lowest BCUT2D eigenvalue weighted by Gasteiger charge is -2.19. The Morgan fingerprint density at radius 3 is 1.10 bits per heavy atom. The van der Waals surface area contributed by atoms with Crippen LogP contribution in [0.15, 0.2) is 0 Å². The molecule has 0 fully saturated rings. The molecule has 0 saturated heterocycles. The summed E-state index contributed by atoms with van der Waals surface area (Å²) in [6.45, 7) is 13.9. The molecule has 0 aromatic heterocycles. The quantitative estimate of drug-likeness (QED) is 0.460. The summed E-state index contributed by atoms with van der Waals surface area (Å²) in [4.78, 5) is 0. The highest BCUT2D eigenvalue weighted by Crippen LogP contribution is 2.50. The van der Waals surface area contributed by atoms with Crippen LogP contribution >= 0.6 is 7.82 Å². The molecule has 20 heavy (non-hydrogen) atoms. The van der Waals surface area contributed by atoms with Crippen molar-refractivity contribution in [2.24, 2.45) is 17.8 Å². The zero-order valence-electron chi connectivity index (χ0n) is 14.1. The van der Waals surface area contributed by atoms with E-state index in [9.17, 15) is 4.57 Å². The first-order valence-electron chi connectivity index (χ1n) is 7.79. The predicted octanol–water partition coefficient (Wildman–Crippen LogP) is 5.28. The number of hydrogen-bond acceptors (Lipinski definition) is 4. The first-order chi connectivity index (χ1) is 9.25.